The van der Waals surface area contributed by atoms with Gasteiger partial charge in [-0.15, -0.1) is 0 Å². The molecule has 3 N–H and O–H groups in total. The molecule has 0 heterocycles. The molecule has 1 unspecified atom stereocenters. The van der Waals surface area contributed by atoms with Crippen molar-refractivity contribution in [3.05, 3.63) is 0 Å². The molecule has 2 amide bonds. The Morgan fingerprint density at radius 3 is 2.30 bits per heavy atom. The zero-order valence-corrected chi connectivity index (χ0v) is 11.3. The Kier molecular flexibility index (Phi) is 7.33. The van der Waals surface area contributed by atoms with Crippen LogP contribution >= 0.6 is 0 Å². The van der Waals surface area contributed by atoms with Crippen LogP contribution in [0.25, 0.3) is 0 Å². The van der Waals surface area contributed by atoms with E-state index in [1.807, 2.05) is 0 Å². The Bertz CT molecular complexity index is 336. The number of ether oxygens (including phenoxy) is 1. The molecule has 0 spiro atoms. The highest BCUT2D eigenvalue weighted by atomic mass is 19.4. The average Bonchev–Trinajstić information content (AvgIpc) is 2.33. The van der Waals surface area contributed by atoms with Crippen LogP contribution in [0.3, 0.4) is 0 Å². The summed E-state index contributed by atoms with van der Waals surface area (Å²) in [5, 5.41) is 13.6. The van der Waals surface area contributed by atoms with Crippen LogP contribution in [0.2, 0.25) is 0 Å². The van der Waals surface area contributed by atoms with Gasteiger partial charge in [0.05, 0.1) is 12.0 Å². The number of carboxylic acids is 1. The van der Waals surface area contributed by atoms with Crippen LogP contribution in [0.15, 0.2) is 0 Å². The van der Waals surface area contributed by atoms with Gasteiger partial charge in [-0.2, -0.15) is 13.2 Å². The zero-order valence-electron chi connectivity index (χ0n) is 11.3. The second kappa shape index (κ2) is 7.93. The lowest BCUT2D eigenvalue weighted by Crippen LogP contribution is -2.45. The number of hydrogen-bond acceptors (Lipinski definition) is 3. The molecule has 0 saturated heterocycles. The number of halogens is 3. The Balaban J connectivity index is 3.82. The van der Waals surface area contributed by atoms with E-state index in [1.54, 1.807) is 6.92 Å². The first-order chi connectivity index (χ1) is 9.10. The molecule has 0 saturated carbocycles. The van der Waals surface area contributed by atoms with Gasteiger partial charge in [-0.3, -0.25) is 4.79 Å². The van der Waals surface area contributed by atoms with Gasteiger partial charge in [-0.05, 0) is 13.3 Å². The third kappa shape index (κ3) is 7.82. The van der Waals surface area contributed by atoms with E-state index in [0.717, 1.165) is 0 Å². The lowest BCUT2D eigenvalue weighted by molar-refractivity contribution is -0.173. The fraction of sp³-hybridized carbons (Fsp3) is 0.818. The Hall–Kier alpha value is -1.51. The minimum absolute atomic E-state index is 0.0753. The van der Waals surface area contributed by atoms with E-state index in [9.17, 15) is 22.8 Å². The molecular formula is C11H19F3N2O4. The maximum absolute atomic E-state index is 11.7. The first-order valence-corrected chi connectivity index (χ1v) is 6.00. The number of carbonyl (C=O) groups is 2. The molecule has 0 aliphatic heterocycles. The van der Waals surface area contributed by atoms with Gasteiger partial charge in [0.15, 0.2) is 0 Å². The van der Waals surface area contributed by atoms with E-state index in [-0.39, 0.29) is 19.7 Å². The van der Waals surface area contributed by atoms with Crippen LogP contribution in [0, 0.1) is 5.41 Å². The van der Waals surface area contributed by atoms with Crippen LogP contribution in [-0.4, -0.2) is 49.6 Å². The third-order valence-corrected chi connectivity index (χ3v) is 2.73. The number of rotatable bonds is 8. The molecule has 0 aliphatic rings. The van der Waals surface area contributed by atoms with Crippen LogP contribution in [0.1, 0.15) is 20.3 Å². The summed E-state index contributed by atoms with van der Waals surface area (Å²) >= 11 is 0. The molecule has 0 rings (SSSR count). The van der Waals surface area contributed by atoms with Crippen LogP contribution in [-0.2, 0) is 9.53 Å². The van der Waals surface area contributed by atoms with Crippen molar-refractivity contribution in [2.75, 3.05) is 26.3 Å². The van der Waals surface area contributed by atoms with Gasteiger partial charge in [0.25, 0.3) is 0 Å². The summed E-state index contributed by atoms with van der Waals surface area (Å²) in [7, 11) is 0. The Labute approximate surface area is 114 Å². The van der Waals surface area contributed by atoms with Gasteiger partial charge in [0, 0.05) is 13.1 Å². The van der Waals surface area contributed by atoms with Crippen molar-refractivity contribution in [3.8, 4) is 0 Å². The fourth-order valence-corrected chi connectivity index (χ4v) is 1.11. The van der Waals surface area contributed by atoms with E-state index in [1.165, 1.54) is 6.92 Å². The Morgan fingerprint density at radius 2 is 1.85 bits per heavy atom. The number of amides is 2. The van der Waals surface area contributed by atoms with Gasteiger partial charge in [0.1, 0.15) is 6.61 Å². The van der Waals surface area contributed by atoms with Gasteiger partial charge in [-0.25, -0.2) is 4.79 Å². The minimum atomic E-state index is -4.40. The summed E-state index contributed by atoms with van der Waals surface area (Å²) in [5.74, 6) is -1.03. The molecule has 0 aliphatic carbocycles. The van der Waals surface area contributed by atoms with Gasteiger partial charge in [-0.1, -0.05) is 6.92 Å². The van der Waals surface area contributed by atoms with Crippen LogP contribution in [0.4, 0.5) is 18.0 Å². The highest BCUT2D eigenvalue weighted by Gasteiger charge is 2.31. The summed E-state index contributed by atoms with van der Waals surface area (Å²) < 4.78 is 39.5. The smallest absolute Gasteiger partial charge is 0.411 e. The van der Waals surface area contributed by atoms with Crippen molar-refractivity contribution in [1.82, 2.24) is 10.6 Å². The normalized spacial score (nSPS) is 14.4. The second-order valence-electron chi connectivity index (χ2n) is 4.50. The Morgan fingerprint density at radius 1 is 1.25 bits per heavy atom. The number of alkyl halides is 3. The largest absolute Gasteiger partial charge is 0.481 e. The van der Waals surface area contributed by atoms with Crippen molar-refractivity contribution < 1.29 is 32.6 Å². The summed E-state index contributed by atoms with van der Waals surface area (Å²) in [6, 6.07) is -0.651. The van der Waals surface area contributed by atoms with Crippen molar-refractivity contribution in [2.24, 2.45) is 5.41 Å². The third-order valence-electron chi connectivity index (χ3n) is 2.73. The predicted octanol–water partition coefficient (Wildman–Crippen LogP) is 1.37. The highest BCUT2D eigenvalue weighted by molar-refractivity contribution is 5.77. The quantitative estimate of drug-likeness (QED) is 0.591. The standard InChI is InChI=1S/C11H19F3N2O4/c1-3-10(2,8(17)18)6-16-9(19)15-4-5-20-7-11(12,13)14/h3-7H2,1-2H3,(H,17,18)(H2,15,16,19). The van der Waals surface area contributed by atoms with Crippen molar-refractivity contribution >= 4 is 12.0 Å². The zero-order chi connectivity index (χ0) is 15.8. The van der Waals surface area contributed by atoms with Gasteiger partial charge >= 0.3 is 18.2 Å². The maximum Gasteiger partial charge on any atom is 0.411 e. The molecule has 0 aromatic carbocycles. The summed E-state index contributed by atoms with van der Waals surface area (Å²) in [5.41, 5.74) is -1.08. The molecule has 6 nitrogen and oxygen atoms in total. The van der Waals surface area contributed by atoms with Crippen LogP contribution < -0.4 is 10.6 Å². The molecule has 0 aromatic rings. The van der Waals surface area contributed by atoms with E-state index >= 15 is 0 Å². The second-order valence-corrected chi connectivity index (χ2v) is 4.50. The molecule has 0 fully saturated rings. The van der Waals surface area contributed by atoms with Gasteiger partial charge < -0.3 is 20.5 Å². The molecule has 118 valence electrons. The highest BCUT2D eigenvalue weighted by Crippen LogP contribution is 2.19. The van der Waals surface area contributed by atoms with E-state index in [2.05, 4.69) is 15.4 Å². The van der Waals surface area contributed by atoms with Crippen molar-refractivity contribution in [1.29, 1.82) is 0 Å². The number of nitrogens with one attached hydrogen (secondary N) is 2. The van der Waals surface area contributed by atoms with E-state index in [0.29, 0.717) is 6.42 Å². The molecule has 0 aromatic heterocycles. The number of carbonyl (C=O) groups excluding carboxylic acids is 1. The molecule has 9 heteroatoms. The van der Waals surface area contributed by atoms with E-state index < -0.39 is 30.2 Å². The van der Waals surface area contributed by atoms with Crippen LogP contribution in [0.5, 0.6) is 0 Å². The number of urea groups is 1. The molecule has 20 heavy (non-hydrogen) atoms. The maximum atomic E-state index is 11.7. The summed E-state index contributed by atoms with van der Waals surface area (Å²) in [6.07, 6.45) is -4.07. The molecule has 1 atom stereocenters. The average molecular weight is 300 g/mol. The topological polar surface area (TPSA) is 87.7 Å². The number of carboxylic acid groups (broad SMARTS) is 1. The van der Waals surface area contributed by atoms with E-state index in [4.69, 9.17) is 5.11 Å². The minimum Gasteiger partial charge on any atom is -0.481 e. The van der Waals surface area contributed by atoms with Gasteiger partial charge in [0.2, 0.25) is 0 Å². The lowest BCUT2D eigenvalue weighted by Gasteiger charge is -2.23. The summed E-state index contributed by atoms with van der Waals surface area (Å²) in [6.45, 7) is 1.34. The number of hydrogen-bond donors (Lipinski definition) is 3. The SMILES string of the molecule is CCC(C)(CNC(=O)NCCOCC(F)(F)F)C(=O)O. The fourth-order valence-electron chi connectivity index (χ4n) is 1.11. The molecule has 0 radical (unpaired) electrons. The molecule has 0 bridgehead atoms. The monoisotopic (exact) mass is 300 g/mol. The lowest BCUT2D eigenvalue weighted by atomic mass is 9.88. The van der Waals surface area contributed by atoms with Crippen molar-refractivity contribution in [3.63, 3.8) is 0 Å². The first-order valence-electron chi connectivity index (χ1n) is 6.00. The first kappa shape index (κ1) is 18.5. The predicted molar refractivity (Wildman–Crippen MR) is 64.3 cm³/mol. The summed E-state index contributed by atoms with van der Waals surface area (Å²) in [4.78, 5) is 22.3. The van der Waals surface area contributed by atoms with Crippen molar-refractivity contribution in [2.45, 2.75) is 26.4 Å². The molecular weight excluding hydrogens is 281 g/mol. The number of aliphatic carboxylic acids is 1.